The van der Waals surface area contributed by atoms with Gasteiger partial charge in [0, 0.05) is 28.9 Å². The normalized spacial score (nSPS) is 16.8. The number of hydrogen-bond acceptors (Lipinski definition) is 8. The Bertz CT molecular complexity index is 1580. The number of anilines is 1. The van der Waals surface area contributed by atoms with Crippen molar-refractivity contribution >= 4 is 44.3 Å². The van der Waals surface area contributed by atoms with Crippen LogP contribution < -0.4 is 10.2 Å². The zero-order chi connectivity index (χ0) is 25.4. The maximum atomic E-state index is 12.4. The maximum absolute atomic E-state index is 12.4. The summed E-state index contributed by atoms with van der Waals surface area (Å²) in [5.41, 5.74) is 4.45. The topological polar surface area (TPSA) is 116 Å². The molecule has 3 aromatic heterocycles. The van der Waals surface area contributed by atoms with Crippen LogP contribution in [0.2, 0.25) is 0 Å². The standard InChI is InChI=1S/C27H26N6O3S/c1-16(34)12-28-26(35)18-5-2-4-17(10-18)24-11-22-25(37-24)14-29-27(31-22)33-8-9-36-23(15-33)19-6-3-7-21-20(19)13-30-32-21/h2-7,10-11,13-14,16,23,34H,8-9,12,15H2,1H3,(H,28,35)(H,30,32)/t16?,23-/m1/s1. The first-order valence-electron chi connectivity index (χ1n) is 12.2. The molecular weight excluding hydrogens is 488 g/mol. The van der Waals surface area contributed by atoms with Crippen molar-refractivity contribution < 1.29 is 14.6 Å². The van der Waals surface area contributed by atoms with Gasteiger partial charge in [-0.3, -0.25) is 9.89 Å². The van der Waals surface area contributed by atoms with Crippen molar-refractivity contribution in [1.29, 1.82) is 0 Å². The van der Waals surface area contributed by atoms with Crippen LogP contribution in [-0.4, -0.2) is 63.5 Å². The van der Waals surface area contributed by atoms with Gasteiger partial charge in [0.15, 0.2) is 0 Å². The molecule has 1 unspecified atom stereocenters. The number of nitrogens with zero attached hydrogens (tertiary/aromatic N) is 4. The average Bonchev–Trinajstić information content (AvgIpc) is 3.58. The van der Waals surface area contributed by atoms with Crippen LogP contribution in [0.15, 0.2) is 60.9 Å². The van der Waals surface area contributed by atoms with Gasteiger partial charge in [-0.05, 0) is 42.3 Å². The predicted octanol–water partition coefficient (Wildman–Crippen LogP) is 3.92. The van der Waals surface area contributed by atoms with Crippen LogP contribution in [0, 0.1) is 0 Å². The average molecular weight is 515 g/mol. The van der Waals surface area contributed by atoms with Gasteiger partial charge in [0.05, 0.1) is 47.4 Å². The van der Waals surface area contributed by atoms with Gasteiger partial charge in [-0.25, -0.2) is 9.97 Å². The SMILES string of the molecule is CC(O)CNC(=O)c1cccc(-c2cc3nc(N4CCO[C@@H](c5cccc6[nH]ncc56)C4)ncc3s2)c1. The minimum Gasteiger partial charge on any atom is -0.392 e. The van der Waals surface area contributed by atoms with Crippen molar-refractivity contribution in [1.82, 2.24) is 25.5 Å². The number of nitrogens with one attached hydrogen (secondary N) is 2. The highest BCUT2D eigenvalue weighted by atomic mass is 32.1. The second-order valence-corrected chi connectivity index (χ2v) is 10.2. The third-order valence-electron chi connectivity index (χ3n) is 6.44. The largest absolute Gasteiger partial charge is 0.392 e. The van der Waals surface area contributed by atoms with E-state index in [9.17, 15) is 9.90 Å². The molecule has 4 heterocycles. The van der Waals surface area contributed by atoms with Crippen LogP contribution in [0.1, 0.15) is 28.9 Å². The van der Waals surface area contributed by atoms with Gasteiger partial charge < -0.3 is 20.1 Å². The molecule has 1 saturated heterocycles. The van der Waals surface area contributed by atoms with E-state index >= 15 is 0 Å². The van der Waals surface area contributed by atoms with Crippen LogP contribution in [0.5, 0.6) is 0 Å². The molecule has 1 aliphatic rings. The van der Waals surface area contributed by atoms with E-state index in [4.69, 9.17) is 9.72 Å². The van der Waals surface area contributed by atoms with Gasteiger partial charge in [-0.1, -0.05) is 24.3 Å². The van der Waals surface area contributed by atoms with Crippen molar-refractivity contribution in [2.45, 2.75) is 19.1 Å². The summed E-state index contributed by atoms with van der Waals surface area (Å²) in [6, 6.07) is 15.6. The number of aromatic amines is 1. The number of thiophene rings is 1. The summed E-state index contributed by atoms with van der Waals surface area (Å²) in [6.07, 6.45) is 3.01. The highest BCUT2D eigenvalue weighted by Crippen LogP contribution is 2.34. The van der Waals surface area contributed by atoms with Crippen LogP contribution in [0.3, 0.4) is 0 Å². The summed E-state index contributed by atoms with van der Waals surface area (Å²) in [4.78, 5) is 25.2. The van der Waals surface area contributed by atoms with Crippen LogP contribution in [0.4, 0.5) is 5.95 Å². The molecule has 0 spiro atoms. The van der Waals surface area contributed by atoms with Crippen molar-refractivity contribution in [2.75, 3.05) is 31.1 Å². The fourth-order valence-corrected chi connectivity index (χ4v) is 5.54. The summed E-state index contributed by atoms with van der Waals surface area (Å²) in [7, 11) is 0. The van der Waals surface area contributed by atoms with Crippen LogP contribution in [-0.2, 0) is 4.74 Å². The number of aliphatic hydroxyl groups is 1. The van der Waals surface area contributed by atoms with Gasteiger partial charge in [0.1, 0.15) is 6.10 Å². The quantitative estimate of drug-likeness (QED) is 0.314. The minimum absolute atomic E-state index is 0.102. The van der Waals surface area contributed by atoms with Crippen LogP contribution in [0.25, 0.3) is 31.6 Å². The molecule has 1 fully saturated rings. The van der Waals surface area contributed by atoms with Crippen LogP contribution >= 0.6 is 11.3 Å². The second kappa shape index (κ2) is 9.89. The smallest absolute Gasteiger partial charge is 0.251 e. The molecule has 37 heavy (non-hydrogen) atoms. The number of aromatic nitrogens is 4. The Kier molecular flexibility index (Phi) is 6.29. The Balaban J connectivity index is 1.24. The van der Waals surface area contributed by atoms with E-state index in [0.29, 0.717) is 31.2 Å². The molecule has 0 saturated carbocycles. The number of aliphatic hydroxyl groups excluding tert-OH is 1. The molecule has 0 bridgehead atoms. The molecule has 6 rings (SSSR count). The molecule has 10 heteroatoms. The van der Waals surface area contributed by atoms with Gasteiger partial charge in [0.2, 0.25) is 5.95 Å². The lowest BCUT2D eigenvalue weighted by Crippen LogP contribution is -2.39. The van der Waals surface area contributed by atoms with Gasteiger partial charge in [-0.2, -0.15) is 5.10 Å². The van der Waals surface area contributed by atoms with Crippen molar-refractivity contribution in [3.8, 4) is 10.4 Å². The summed E-state index contributed by atoms with van der Waals surface area (Å²) in [5.74, 6) is 0.467. The Labute approximate surface area is 217 Å². The third-order valence-corrected chi connectivity index (χ3v) is 7.55. The molecule has 0 radical (unpaired) electrons. The van der Waals surface area contributed by atoms with Crippen molar-refractivity contribution in [3.63, 3.8) is 0 Å². The van der Waals surface area contributed by atoms with E-state index in [0.717, 1.165) is 37.1 Å². The van der Waals surface area contributed by atoms with E-state index in [-0.39, 0.29) is 18.6 Å². The van der Waals surface area contributed by atoms with Crippen molar-refractivity contribution in [2.24, 2.45) is 0 Å². The number of H-pyrrole nitrogens is 1. The monoisotopic (exact) mass is 514 g/mol. The highest BCUT2D eigenvalue weighted by molar-refractivity contribution is 7.22. The van der Waals surface area contributed by atoms with E-state index in [2.05, 4.69) is 31.5 Å². The molecule has 2 atom stereocenters. The van der Waals surface area contributed by atoms with E-state index in [1.165, 1.54) is 0 Å². The Morgan fingerprint density at radius 3 is 3.05 bits per heavy atom. The lowest BCUT2D eigenvalue weighted by molar-refractivity contribution is 0.0402. The third kappa shape index (κ3) is 4.78. The molecule has 0 aliphatic carbocycles. The Hall–Kier alpha value is -3.86. The van der Waals surface area contributed by atoms with Gasteiger partial charge in [-0.15, -0.1) is 11.3 Å². The maximum Gasteiger partial charge on any atom is 0.251 e. The fourth-order valence-electron chi connectivity index (χ4n) is 4.57. The van der Waals surface area contributed by atoms with Gasteiger partial charge >= 0.3 is 0 Å². The summed E-state index contributed by atoms with van der Waals surface area (Å²) in [6.45, 7) is 3.80. The Morgan fingerprint density at radius 1 is 1.27 bits per heavy atom. The Morgan fingerprint density at radius 2 is 2.16 bits per heavy atom. The summed E-state index contributed by atoms with van der Waals surface area (Å²) < 4.78 is 7.10. The van der Waals surface area contributed by atoms with Crippen molar-refractivity contribution in [3.05, 3.63) is 72.1 Å². The zero-order valence-electron chi connectivity index (χ0n) is 20.2. The molecular formula is C27H26N6O3S. The fraction of sp³-hybridized carbons (Fsp3) is 0.259. The highest BCUT2D eigenvalue weighted by Gasteiger charge is 2.26. The first kappa shape index (κ1) is 23.5. The first-order valence-corrected chi connectivity index (χ1v) is 13.0. The van der Waals surface area contributed by atoms with E-state index in [1.807, 2.05) is 48.8 Å². The number of carbonyl (C=O) groups excluding carboxylic acids is 1. The number of amides is 1. The zero-order valence-corrected chi connectivity index (χ0v) is 21.0. The second-order valence-electron chi connectivity index (χ2n) is 9.15. The summed E-state index contributed by atoms with van der Waals surface area (Å²) in [5, 5.41) is 20.5. The number of carbonyl (C=O) groups is 1. The van der Waals surface area contributed by atoms with E-state index in [1.54, 1.807) is 24.3 Å². The number of ether oxygens (including phenoxy) is 1. The number of benzene rings is 2. The van der Waals surface area contributed by atoms with E-state index < -0.39 is 6.10 Å². The number of morpholine rings is 1. The first-order chi connectivity index (χ1) is 18.0. The number of rotatable bonds is 6. The summed E-state index contributed by atoms with van der Waals surface area (Å²) >= 11 is 1.59. The lowest BCUT2D eigenvalue weighted by Gasteiger charge is -2.33. The number of hydrogen-bond donors (Lipinski definition) is 3. The minimum atomic E-state index is -0.594. The molecule has 3 N–H and O–H groups in total. The molecule has 5 aromatic rings. The molecule has 9 nitrogen and oxygen atoms in total. The predicted molar refractivity (Wildman–Crippen MR) is 144 cm³/mol. The molecule has 1 amide bonds. The van der Waals surface area contributed by atoms with Gasteiger partial charge in [0.25, 0.3) is 5.91 Å². The number of fused-ring (bicyclic) bond motifs is 2. The molecule has 188 valence electrons. The molecule has 1 aliphatic heterocycles. The molecule has 2 aromatic carbocycles. The lowest BCUT2D eigenvalue weighted by atomic mass is 10.0.